The molecule has 4 aliphatic carbocycles. The van der Waals surface area contributed by atoms with Gasteiger partial charge in [-0.05, 0) is 104 Å². The fourth-order valence-electron chi connectivity index (χ4n) is 9.78. The van der Waals surface area contributed by atoms with Gasteiger partial charge in [0.2, 0.25) is 5.88 Å². The second-order valence-electron chi connectivity index (χ2n) is 12.5. The minimum Gasteiger partial charge on any atom is -0.393 e. The van der Waals surface area contributed by atoms with Crippen LogP contribution in [0.3, 0.4) is 0 Å². The Bertz CT molecular complexity index is 783. The van der Waals surface area contributed by atoms with Crippen LogP contribution in [0, 0.1) is 52.3 Å². The maximum absolute atomic E-state index is 11.8. The smallest absolute Gasteiger partial charge is 0.240 e. The van der Waals surface area contributed by atoms with Gasteiger partial charge in [0.15, 0.2) is 0 Å². The third kappa shape index (κ3) is 3.28. The van der Waals surface area contributed by atoms with Crippen molar-refractivity contribution in [3.8, 4) is 0 Å². The minimum atomic E-state index is -0.218. The molecule has 0 radical (unpaired) electrons. The summed E-state index contributed by atoms with van der Waals surface area (Å²) in [6.45, 7) is 13.5. The third-order valence-corrected chi connectivity index (χ3v) is 11.2. The molecule has 1 heterocycles. The van der Waals surface area contributed by atoms with Crippen LogP contribution in [0.15, 0.2) is 17.5 Å². The monoisotopic (exact) mass is 444 g/mol. The summed E-state index contributed by atoms with van der Waals surface area (Å²) in [4.78, 5) is 9.65. The van der Waals surface area contributed by atoms with Crippen molar-refractivity contribution in [2.24, 2.45) is 57.2 Å². The van der Waals surface area contributed by atoms with E-state index in [2.05, 4.69) is 44.7 Å². The van der Waals surface area contributed by atoms with Crippen LogP contribution in [0.5, 0.6) is 0 Å². The van der Waals surface area contributed by atoms with Gasteiger partial charge in [-0.2, -0.15) is 4.99 Å². The summed E-state index contributed by atoms with van der Waals surface area (Å²) in [5.74, 6) is 4.95. The number of amidine groups is 1. The van der Waals surface area contributed by atoms with Gasteiger partial charge in [-0.15, -0.1) is 0 Å². The molecule has 11 atom stereocenters. The molecule has 0 aromatic carbocycles. The molecule has 0 saturated heterocycles. The van der Waals surface area contributed by atoms with Gasteiger partial charge in [-0.1, -0.05) is 34.1 Å². The van der Waals surface area contributed by atoms with Crippen molar-refractivity contribution in [1.82, 2.24) is 5.48 Å². The Morgan fingerprint density at radius 2 is 1.81 bits per heavy atom. The predicted octanol–water partition coefficient (Wildman–Crippen LogP) is 5.04. The SMILES string of the molecule is C=C1N=C(C[C@@H](C)[C@H]2CCC3C4C(O)[C@H](CC)C5C[C@H](O)CC[C@]5(C)C4CC[C@@]32C)NO1. The average molecular weight is 445 g/mol. The zero-order valence-corrected chi connectivity index (χ0v) is 20.5. The van der Waals surface area contributed by atoms with Crippen LogP contribution < -0.4 is 5.48 Å². The summed E-state index contributed by atoms with van der Waals surface area (Å²) < 4.78 is 0. The fourth-order valence-corrected chi connectivity index (χ4v) is 9.78. The Labute approximate surface area is 194 Å². The molecule has 5 aliphatic rings. The number of nitrogens with one attached hydrogen (secondary N) is 1. The highest BCUT2D eigenvalue weighted by molar-refractivity contribution is 5.83. The molecule has 180 valence electrons. The lowest BCUT2D eigenvalue weighted by molar-refractivity contribution is -0.203. The normalized spacial score (nSPS) is 51.1. The van der Waals surface area contributed by atoms with E-state index in [1.165, 1.54) is 25.7 Å². The molecule has 4 fully saturated rings. The molecular formula is C27H44N2O3. The first kappa shape index (κ1) is 22.7. The number of fused-ring (bicyclic) bond motifs is 5. The van der Waals surface area contributed by atoms with E-state index in [0.29, 0.717) is 47.3 Å². The van der Waals surface area contributed by atoms with Crippen molar-refractivity contribution in [2.45, 2.75) is 97.7 Å². The molecule has 0 aromatic rings. The third-order valence-electron chi connectivity index (χ3n) is 11.2. The van der Waals surface area contributed by atoms with Crippen LogP contribution >= 0.6 is 0 Å². The van der Waals surface area contributed by atoms with Crippen LogP contribution in [0.4, 0.5) is 0 Å². The van der Waals surface area contributed by atoms with Gasteiger partial charge in [0.25, 0.3) is 0 Å². The van der Waals surface area contributed by atoms with Gasteiger partial charge in [-0.25, -0.2) is 5.48 Å². The molecule has 32 heavy (non-hydrogen) atoms. The Morgan fingerprint density at radius 1 is 1.09 bits per heavy atom. The number of aliphatic hydroxyl groups is 2. The first-order chi connectivity index (χ1) is 15.2. The van der Waals surface area contributed by atoms with Crippen LogP contribution in [-0.4, -0.2) is 28.3 Å². The number of aliphatic hydroxyl groups excluding tert-OH is 2. The van der Waals surface area contributed by atoms with Gasteiger partial charge < -0.3 is 15.1 Å². The molecular weight excluding hydrogens is 400 g/mol. The lowest BCUT2D eigenvalue weighted by Crippen LogP contribution is -2.62. The molecule has 4 saturated carbocycles. The van der Waals surface area contributed by atoms with Gasteiger partial charge in [-0.3, -0.25) is 0 Å². The van der Waals surface area contributed by atoms with Gasteiger partial charge in [0, 0.05) is 6.42 Å². The van der Waals surface area contributed by atoms with E-state index in [-0.39, 0.29) is 23.0 Å². The van der Waals surface area contributed by atoms with E-state index >= 15 is 0 Å². The van der Waals surface area contributed by atoms with Crippen molar-refractivity contribution in [2.75, 3.05) is 0 Å². The number of rotatable bonds is 4. The van der Waals surface area contributed by atoms with Crippen molar-refractivity contribution >= 4 is 5.84 Å². The largest absolute Gasteiger partial charge is 0.393 e. The standard InChI is InChI=1S/C27H44N2O3/c1-6-18-22-14-17(30)9-11-27(22,5)21-10-12-26(4)19(7-8-20(26)24(21)25(18)31)15(2)13-23-28-16(3)32-29-23/h15,17-22,24-25,30-31H,3,6-14H2,1-2,4-5H3,(H,28,29)/t15-,17-,18-,19-,20?,21?,22?,24?,25?,26-,27-/m1/s1. The van der Waals surface area contributed by atoms with Crippen LogP contribution in [0.2, 0.25) is 0 Å². The predicted molar refractivity (Wildman–Crippen MR) is 126 cm³/mol. The lowest BCUT2D eigenvalue weighted by atomic mass is 9.41. The summed E-state index contributed by atoms with van der Waals surface area (Å²) in [5.41, 5.74) is 3.50. The van der Waals surface area contributed by atoms with Gasteiger partial charge in [0.05, 0.1) is 12.2 Å². The topological polar surface area (TPSA) is 74.1 Å². The summed E-state index contributed by atoms with van der Waals surface area (Å²) in [6, 6.07) is 0. The number of hydrogen-bond donors (Lipinski definition) is 3. The zero-order valence-electron chi connectivity index (χ0n) is 20.5. The molecule has 1 aliphatic heterocycles. The second-order valence-corrected chi connectivity index (χ2v) is 12.5. The van der Waals surface area contributed by atoms with Gasteiger partial charge in [0.1, 0.15) is 5.84 Å². The molecule has 5 nitrogen and oxygen atoms in total. The van der Waals surface area contributed by atoms with Gasteiger partial charge >= 0.3 is 0 Å². The van der Waals surface area contributed by atoms with Crippen LogP contribution in [0.25, 0.3) is 0 Å². The van der Waals surface area contributed by atoms with E-state index in [9.17, 15) is 10.2 Å². The van der Waals surface area contributed by atoms with E-state index in [0.717, 1.165) is 37.9 Å². The summed E-state index contributed by atoms with van der Waals surface area (Å²) in [5, 5.41) is 22.3. The Morgan fingerprint density at radius 3 is 2.50 bits per heavy atom. The highest BCUT2D eigenvalue weighted by Crippen LogP contribution is 2.69. The van der Waals surface area contributed by atoms with E-state index in [4.69, 9.17) is 4.84 Å². The molecule has 5 unspecified atom stereocenters. The fraction of sp³-hybridized carbons (Fsp3) is 0.889. The Balaban J connectivity index is 1.41. The zero-order chi connectivity index (χ0) is 22.8. The summed E-state index contributed by atoms with van der Waals surface area (Å²) in [6.07, 6.45) is 9.48. The van der Waals surface area contributed by atoms with Crippen LogP contribution in [0.1, 0.15) is 85.5 Å². The molecule has 0 aromatic heterocycles. The number of nitrogens with zero attached hydrogens (tertiary/aromatic N) is 1. The van der Waals surface area contributed by atoms with Crippen molar-refractivity contribution in [3.05, 3.63) is 12.5 Å². The molecule has 5 rings (SSSR count). The molecule has 0 amide bonds. The minimum absolute atomic E-state index is 0.177. The lowest BCUT2D eigenvalue weighted by Gasteiger charge is -2.64. The Kier molecular flexibility index (Phi) is 5.68. The van der Waals surface area contributed by atoms with Crippen molar-refractivity contribution < 1.29 is 15.1 Å². The number of aliphatic imine (C=N–C) groups is 1. The number of hydroxylamine groups is 1. The van der Waals surface area contributed by atoms with Crippen LogP contribution in [-0.2, 0) is 4.84 Å². The maximum atomic E-state index is 11.8. The average Bonchev–Trinajstić information content (AvgIpc) is 3.32. The summed E-state index contributed by atoms with van der Waals surface area (Å²) in [7, 11) is 0. The first-order valence-corrected chi connectivity index (χ1v) is 13.2. The molecule has 0 spiro atoms. The second kappa shape index (κ2) is 8.01. The molecule has 3 N–H and O–H groups in total. The highest BCUT2D eigenvalue weighted by atomic mass is 16.7. The molecule has 5 heteroatoms. The maximum Gasteiger partial charge on any atom is 0.240 e. The van der Waals surface area contributed by atoms with E-state index in [1.54, 1.807) is 0 Å². The van der Waals surface area contributed by atoms with Crippen molar-refractivity contribution in [1.29, 1.82) is 0 Å². The quantitative estimate of drug-likeness (QED) is 0.568. The first-order valence-electron chi connectivity index (χ1n) is 13.2. The summed E-state index contributed by atoms with van der Waals surface area (Å²) >= 11 is 0. The number of hydrogen-bond acceptors (Lipinski definition) is 5. The van der Waals surface area contributed by atoms with E-state index < -0.39 is 0 Å². The van der Waals surface area contributed by atoms with Crippen molar-refractivity contribution in [3.63, 3.8) is 0 Å². The van der Waals surface area contributed by atoms with E-state index in [1.807, 2.05) is 0 Å². The Hall–Kier alpha value is -1.07. The molecule has 0 bridgehead atoms. The highest BCUT2D eigenvalue weighted by Gasteiger charge is 2.64.